The van der Waals surface area contributed by atoms with E-state index in [2.05, 4.69) is 15.6 Å². The molecule has 2 aromatic carbocycles. The van der Waals surface area contributed by atoms with E-state index in [1.807, 2.05) is 0 Å². The number of benzene rings is 2. The zero-order valence-electron chi connectivity index (χ0n) is 13.9. The number of aliphatic carboxylic acids is 1. The van der Waals surface area contributed by atoms with Crippen molar-refractivity contribution >= 4 is 22.8 Å². The number of nitrogens with one attached hydrogen (secondary N) is 1. The van der Waals surface area contributed by atoms with E-state index >= 15 is 0 Å². The highest BCUT2D eigenvalue weighted by Gasteiger charge is 2.28. The Balaban J connectivity index is 2.13. The van der Waals surface area contributed by atoms with Gasteiger partial charge in [0.15, 0.2) is 6.04 Å². The van der Waals surface area contributed by atoms with Crippen LogP contribution in [0.15, 0.2) is 59.4 Å². The molecule has 0 fully saturated rings. The average Bonchev–Trinajstić information content (AvgIpc) is 2.65. The number of carboxylic acid groups (broad SMARTS) is 1. The Morgan fingerprint density at radius 2 is 1.73 bits per heavy atom. The van der Waals surface area contributed by atoms with Crippen molar-refractivity contribution in [3.63, 3.8) is 0 Å². The third kappa shape index (κ3) is 3.30. The monoisotopic (exact) mass is 352 g/mol. The first-order valence-corrected chi connectivity index (χ1v) is 7.91. The van der Waals surface area contributed by atoms with Crippen LogP contribution in [0.3, 0.4) is 0 Å². The Kier molecular flexibility index (Phi) is 4.74. The highest BCUT2D eigenvalue weighted by atomic mass is 16.4. The van der Waals surface area contributed by atoms with Crippen LogP contribution in [0.25, 0.3) is 10.9 Å². The van der Waals surface area contributed by atoms with E-state index in [0.717, 1.165) is 4.68 Å². The Hall–Kier alpha value is -3.55. The van der Waals surface area contributed by atoms with Crippen LogP contribution in [0.1, 0.15) is 18.5 Å². The van der Waals surface area contributed by atoms with Crippen LogP contribution in [0.4, 0.5) is 0 Å². The van der Waals surface area contributed by atoms with Crippen LogP contribution in [0.5, 0.6) is 0 Å². The first kappa shape index (κ1) is 17.3. The number of hydrogen-bond donors (Lipinski definition) is 2. The summed E-state index contributed by atoms with van der Waals surface area (Å²) >= 11 is 0. The van der Waals surface area contributed by atoms with Gasteiger partial charge in [0.2, 0.25) is 5.91 Å². The van der Waals surface area contributed by atoms with Crippen molar-refractivity contribution < 1.29 is 14.7 Å². The first-order chi connectivity index (χ1) is 12.5. The molecule has 0 unspecified atom stereocenters. The van der Waals surface area contributed by atoms with Gasteiger partial charge in [-0.2, -0.15) is 4.68 Å². The molecule has 8 nitrogen and oxygen atoms in total. The van der Waals surface area contributed by atoms with Gasteiger partial charge in [0, 0.05) is 0 Å². The summed E-state index contributed by atoms with van der Waals surface area (Å²) in [6.07, 6.45) is 0. The molecule has 0 bridgehead atoms. The van der Waals surface area contributed by atoms with Gasteiger partial charge in [-0.3, -0.25) is 14.4 Å². The summed E-state index contributed by atoms with van der Waals surface area (Å²) in [7, 11) is 0. The molecular weight excluding hydrogens is 336 g/mol. The fourth-order valence-corrected chi connectivity index (χ4v) is 2.56. The Bertz CT molecular complexity index is 1020. The Labute approximate surface area is 148 Å². The summed E-state index contributed by atoms with van der Waals surface area (Å²) in [5.41, 5.74) is 0.428. The minimum atomic E-state index is -1.18. The molecule has 3 rings (SSSR count). The number of nitrogens with zero attached hydrogens (tertiary/aromatic N) is 3. The fraction of sp³-hybridized carbons (Fsp3) is 0.167. The van der Waals surface area contributed by atoms with Crippen molar-refractivity contribution in [2.45, 2.75) is 19.0 Å². The molecule has 3 aromatic rings. The van der Waals surface area contributed by atoms with Crippen molar-refractivity contribution in [2.75, 3.05) is 0 Å². The second-order valence-electron chi connectivity index (χ2n) is 5.74. The zero-order valence-corrected chi connectivity index (χ0v) is 13.9. The summed E-state index contributed by atoms with van der Waals surface area (Å²) in [5, 5.41) is 19.6. The molecule has 1 amide bonds. The molecule has 26 heavy (non-hydrogen) atoms. The van der Waals surface area contributed by atoms with Gasteiger partial charge < -0.3 is 10.4 Å². The third-order valence-electron chi connectivity index (χ3n) is 3.93. The van der Waals surface area contributed by atoms with Gasteiger partial charge in [-0.1, -0.05) is 47.7 Å². The van der Waals surface area contributed by atoms with Gasteiger partial charge in [-0.25, -0.2) is 0 Å². The first-order valence-electron chi connectivity index (χ1n) is 7.91. The molecule has 0 spiro atoms. The third-order valence-corrected chi connectivity index (χ3v) is 3.93. The number of fused-ring (bicyclic) bond motifs is 1. The van der Waals surface area contributed by atoms with E-state index < -0.39 is 29.5 Å². The summed E-state index contributed by atoms with van der Waals surface area (Å²) in [5.74, 6) is -1.83. The van der Waals surface area contributed by atoms with Gasteiger partial charge in [0.1, 0.15) is 11.6 Å². The zero-order chi connectivity index (χ0) is 18.7. The van der Waals surface area contributed by atoms with E-state index in [0.29, 0.717) is 16.5 Å². The second-order valence-corrected chi connectivity index (χ2v) is 5.74. The largest absolute Gasteiger partial charge is 0.480 e. The maximum absolute atomic E-state index is 12.8. The van der Waals surface area contributed by atoms with Gasteiger partial charge in [0.05, 0.1) is 5.39 Å². The SMILES string of the molecule is C[C@H](NC(=O)[C@H](c1ccccc1)n1nnc2ccccc2c1=O)C(=O)O. The molecule has 2 atom stereocenters. The molecule has 0 aliphatic carbocycles. The van der Waals surface area contributed by atoms with Gasteiger partial charge in [-0.05, 0) is 24.6 Å². The van der Waals surface area contributed by atoms with Crippen LogP contribution in [-0.2, 0) is 9.59 Å². The van der Waals surface area contributed by atoms with Gasteiger partial charge in [0.25, 0.3) is 5.56 Å². The Morgan fingerprint density at radius 1 is 1.08 bits per heavy atom. The summed E-state index contributed by atoms with van der Waals surface area (Å²) < 4.78 is 0.974. The number of carbonyl (C=O) groups is 2. The molecule has 0 saturated carbocycles. The molecule has 0 aliphatic heterocycles. The highest BCUT2D eigenvalue weighted by Crippen LogP contribution is 2.17. The minimum absolute atomic E-state index is 0.322. The molecule has 1 heterocycles. The number of amides is 1. The van der Waals surface area contributed by atoms with Crippen LogP contribution >= 0.6 is 0 Å². The lowest BCUT2D eigenvalue weighted by atomic mass is 10.1. The summed E-state index contributed by atoms with van der Waals surface area (Å²) in [6, 6.07) is 13.0. The van der Waals surface area contributed by atoms with Crippen molar-refractivity contribution in [3.8, 4) is 0 Å². The van der Waals surface area contributed by atoms with Crippen LogP contribution < -0.4 is 10.9 Å². The lowest BCUT2D eigenvalue weighted by Gasteiger charge is -2.19. The molecule has 132 valence electrons. The molecule has 0 saturated heterocycles. The number of hydrogen-bond acceptors (Lipinski definition) is 5. The predicted octanol–water partition coefficient (Wildman–Crippen LogP) is 0.970. The highest BCUT2D eigenvalue weighted by molar-refractivity contribution is 5.88. The van der Waals surface area contributed by atoms with E-state index in [4.69, 9.17) is 5.11 Å². The molecule has 0 radical (unpaired) electrons. The van der Waals surface area contributed by atoms with E-state index in [1.165, 1.54) is 6.92 Å². The maximum Gasteiger partial charge on any atom is 0.325 e. The van der Waals surface area contributed by atoms with Gasteiger partial charge in [-0.15, -0.1) is 5.10 Å². The smallest absolute Gasteiger partial charge is 0.325 e. The topological polar surface area (TPSA) is 114 Å². The molecule has 2 N–H and O–H groups in total. The molecule has 8 heteroatoms. The van der Waals surface area contributed by atoms with E-state index in [-0.39, 0.29) is 0 Å². The van der Waals surface area contributed by atoms with E-state index in [9.17, 15) is 14.4 Å². The van der Waals surface area contributed by atoms with Crippen LogP contribution in [0, 0.1) is 0 Å². The van der Waals surface area contributed by atoms with Crippen molar-refractivity contribution in [1.82, 2.24) is 20.3 Å². The standard InChI is InChI=1S/C18H16N4O4/c1-11(18(25)26)19-16(23)15(12-7-3-2-4-8-12)22-17(24)13-9-5-6-10-14(13)20-21-22/h2-11,15H,1H3,(H,19,23)(H,25,26)/t11-,15-/m0/s1. The fourth-order valence-electron chi connectivity index (χ4n) is 2.56. The molecule has 0 aliphatic rings. The number of aromatic nitrogens is 3. The number of carboxylic acids is 1. The summed E-state index contributed by atoms with van der Waals surface area (Å²) in [6.45, 7) is 1.34. The lowest BCUT2D eigenvalue weighted by molar-refractivity contribution is -0.141. The quantitative estimate of drug-likeness (QED) is 0.707. The Morgan fingerprint density at radius 3 is 2.42 bits per heavy atom. The summed E-state index contributed by atoms with van der Waals surface area (Å²) in [4.78, 5) is 36.6. The second kappa shape index (κ2) is 7.14. The van der Waals surface area contributed by atoms with Crippen LogP contribution in [0.2, 0.25) is 0 Å². The van der Waals surface area contributed by atoms with Crippen molar-refractivity contribution in [1.29, 1.82) is 0 Å². The van der Waals surface area contributed by atoms with Gasteiger partial charge >= 0.3 is 5.97 Å². The predicted molar refractivity (Wildman–Crippen MR) is 93.6 cm³/mol. The van der Waals surface area contributed by atoms with Crippen LogP contribution in [-0.4, -0.2) is 38.0 Å². The molecule has 1 aromatic heterocycles. The van der Waals surface area contributed by atoms with Crippen molar-refractivity contribution in [3.05, 3.63) is 70.5 Å². The molecular formula is C18H16N4O4. The van der Waals surface area contributed by atoms with E-state index in [1.54, 1.807) is 54.6 Å². The maximum atomic E-state index is 12.8. The average molecular weight is 352 g/mol. The lowest BCUT2D eigenvalue weighted by Crippen LogP contribution is -2.45. The normalized spacial score (nSPS) is 13.1. The van der Waals surface area contributed by atoms with Crippen molar-refractivity contribution in [2.24, 2.45) is 0 Å². The number of rotatable bonds is 5. The number of carbonyl (C=O) groups excluding carboxylic acids is 1. The minimum Gasteiger partial charge on any atom is -0.480 e.